The SMILES string of the molecule is O=C(Nc1cc(Cl)ccc1Br)C(=O)N1CC[C@H](O)C1. The van der Waals surface area contributed by atoms with Crippen LogP contribution in [-0.2, 0) is 9.59 Å². The van der Waals surface area contributed by atoms with Crippen LogP contribution in [0.3, 0.4) is 0 Å². The van der Waals surface area contributed by atoms with Gasteiger partial charge in [0.15, 0.2) is 0 Å². The number of aliphatic hydroxyl groups is 1. The summed E-state index contributed by atoms with van der Waals surface area (Å²) in [6.07, 6.45) is -0.0467. The molecule has 5 nitrogen and oxygen atoms in total. The number of anilines is 1. The first kappa shape index (κ1) is 14.3. The van der Waals surface area contributed by atoms with Crippen molar-refractivity contribution >= 4 is 45.0 Å². The number of amides is 2. The molecule has 2 N–H and O–H groups in total. The number of hydrogen-bond acceptors (Lipinski definition) is 3. The van der Waals surface area contributed by atoms with Crippen LogP contribution in [0, 0.1) is 0 Å². The minimum Gasteiger partial charge on any atom is -0.391 e. The van der Waals surface area contributed by atoms with Gasteiger partial charge in [-0.05, 0) is 40.5 Å². The molecule has 0 aromatic heterocycles. The molecule has 1 saturated heterocycles. The number of rotatable bonds is 1. The molecule has 1 aromatic carbocycles. The lowest BCUT2D eigenvalue weighted by Gasteiger charge is -2.15. The Morgan fingerprint density at radius 3 is 2.84 bits per heavy atom. The fourth-order valence-electron chi connectivity index (χ4n) is 1.84. The van der Waals surface area contributed by atoms with Gasteiger partial charge in [-0.3, -0.25) is 9.59 Å². The van der Waals surface area contributed by atoms with Gasteiger partial charge in [-0.1, -0.05) is 11.6 Å². The van der Waals surface area contributed by atoms with Crippen LogP contribution >= 0.6 is 27.5 Å². The number of hydrogen-bond donors (Lipinski definition) is 2. The Balaban J connectivity index is 2.04. The van der Waals surface area contributed by atoms with Crippen molar-refractivity contribution in [2.75, 3.05) is 18.4 Å². The summed E-state index contributed by atoms with van der Waals surface area (Å²) in [4.78, 5) is 25.0. The van der Waals surface area contributed by atoms with Gasteiger partial charge >= 0.3 is 11.8 Å². The molecule has 19 heavy (non-hydrogen) atoms. The highest BCUT2D eigenvalue weighted by molar-refractivity contribution is 9.10. The highest BCUT2D eigenvalue weighted by Gasteiger charge is 2.29. The summed E-state index contributed by atoms with van der Waals surface area (Å²) in [6, 6.07) is 4.90. The molecule has 1 aromatic rings. The van der Waals surface area contributed by atoms with Gasteiger partial charge in [0.25, 0.3) is 0 Å². The Labute approximate surface area is 123 Å². The second-order valence-corrected chi connectivity index (χ2v) is 5.56. The molecule has 1 heterocycles. The summed E-state index contributed by atoms with van der Waals surface area (Å²) in [5, 5.41) is 12.3. The van der Waals surface area contributed by atoms with Crippen molar-refractivity contribution in [2.24, 2.45) is 0 Å². The van der Waals surface area contributed by atoms with Gasteiger partial charge < -0.3 is 15.3 Å². The Morgan fingerprint density at radius 2 is 2.21 bits per heavy atom. The van der Waals surface area contributed by atoms with Crippen LogP contribution in [0.4, 0.5) is 5.69 Å². The van der Waals surface area contributed by atoms with Gasteiger partial charge in [0.2, 0.25) is 0 Å². The predicted molar refractivity (Wildman–Crippen MR) is 75.0 cm³/mol. The van der Waals surface area contributed by atoms with Crippen LogP contribution in [0.5, 0.6) is 0 Å². The molecule has 7 heteroatoms. The van der Waals surface area contributed by atoms with Crippen LogP contribution in [0.2, 0.25) is 5.02 Å². The maximum atomic E-state index is 11.8. The van der Waals surface area contributed by atoms with E-state index in [1.54, 1.807) is 18.2 Å². The second-order valence-electron chi connectivity index (χ2n) is 4.27. The lowest BCUT2D eigenvalue weighted by Crippen LogP contribution is -2.38. The molecule has 102 valence electrons. The molecular formula is C12H12BrClN2O3. The molecule has 0 saturated carbocycles. The Hall–Kier alpha value is -1.11. The van der Waals surface area contributed by atoms with Crippen molar-refractivity contribution in [3.05, 3.63) is 27.7 Å². The molecular weight excluding hydrogens is 336 g/mol. The van der Waals surface area contributed by atoms with E-state index in [1.807, 2.05) is 0 Å². The van der Waals surface area contributed by atoms with Gasteiger partial charge in [0.05, 0.1) is 11.8 Å². The molecule has 0 aliphatic carbocycles. The molecule has 0 radical (unpaired) electrons. The minimum absolute atomic E-state index is 0.197. The van der Waals surface area contributed by atoms with E-state index in [4.69, 9.17) is 11.6 Å². The number of nitrogens with zero attached hydrogens (tertiary/aromatic N) is 1. The maximum Gasteiger partial charge on any atom is 0.313 e. The highest BCUT2D eigenvalue weighted by Crippen LogP contribution is 2.26. The third kappa shape index (κ3) is 3.46. The van der Waals surface area contributed by atoms with E-state index in [-0.39, 0.29) is 6.54 Å². The molecule has 1 fully saturated rings. The lowest BCUT2D eigenvalue weighted by molar-refractivity contribution is -0.142. The number of carbonyl (C=O) groups excluding carboxylic acids is 2. The van der Waals surface area contributed by atoms with Crippen LogP contribution in [0.15, 0.2) is 22.7 Å². The number of nitrogens with one attached hydrogen (secondary N) is 1. The number of benzene rings is 1. The summed E-state index contributed by atoms with van der Waals surface area (Å²) >= 11 is 9.09. The zero-order valence-electron chi connectivity index (χ0n) is 9.90. The first-order chi connectivity index (χ1) is 8.97. The molecule has 0 spiro atoms. The van der Waals surface area contributed by atoms with Gasteiger partial charge in [-0.25, -0.2) is 0 Å². The number of carbonyl (C=O) groups is 2. The zero-order chi connectivity index (χ0) is 14.0. The predicted octanol–water partition coefficient (Wildman–Crippen LogP) is 1.63. The Kier molecular flexibility index (Phi) is 4.44. The van der Waals surface area contributed by atoms with E-state index in [9.17, 15) is 14.7 Å². The van der Waals surface area contributed by atoms with Crippen LogP contribution < -0.4 is 5.32 Å². The number of aliphatic hydroxyl groups excluding tert-OH is 1. The van der Waals surface area contributed by atoms with Crippen molar-refractivity contribution in [2.45, 2.75) is 12.5 Å². The second kappa shape index (κ2) is 5.90. The Bertz CT molecular complexity index is 524. The minimum atomic E-state index is -0.739. The third-order valence-electron chi connectivity index (χ3n) is 2.82. The van der Waals surface area contributed by atoms with Gasteiger partial charge in [0, 0.05) is 22.6 Å². The maximum absolute atomic E-state index is 11.8. The van der Waals surface area contributed by atoms with Crippen LogP contribution in [0.25, 0.3) is 0 Å². The topological polar surface area (TPSA) is 69.6 Å². The third-order valence-corrected chi connectivity index (χ3v) is 3.75. The number of β-amino-alcohol motifs (C(OH)–C–C–N with tert-alkyl or cyclic N) is 1. The average molecular weight is 348 g/mol. The van der Waals surface area contributed by atoms with E-state index in [0.29, 0.717) is 28.1 Å². The van der Waals surface area contributed by atoms with E-state index in [2.05, 4.69) is 21.2 Å². The number of halogens is 2. The normalized spacial score (nSPS) is 18.5. The van der Waals surface area contributed by atoms with Crippen LogP contribution in [-0.4, -0.2) is 41.0 Å². The Morgan fingerprint density at radius 1 is 1.47 bits per heavy atom. The first-order valence-electron chi connectivity index (χ1n) is 5.71. The lowest BCUT2D eigenvalue weighted by atomic mass is 10.3. The monoisotopic (exact) mass is 346 g/mol. The van der Waals surface area contributed by atoms with Gasteiger partial charge in [-0.15, -0.1) is 0 Å². The molecule has 1 atom stereocenters. The summed E-state index contributed by atoms with van der Waals surface area (Å²) < 4.78 is 0.638. The summed E-state index contributed by atoms with van der Waals surface area (Å²) in [5.41, 5.74) is 0.436. The fourth-order valence-corrected chi connectivity index (χ4v) is 2.36. The largest absolute Gasteiger partial charge is 0.391 e. The zero-order valence-corrected chi connectivity index (χ0v) is 12.2. The van der Waals surface area contributed by atoms with Gasteiger partial charge in [-0.2, -0.15) is 0 Å². The summed E-state index contributed by atoms with van der Waals surface area (Å²) in [5.74, 6) is -1.39. The summed E-state index contributed by atoms with van der Waals surface area (Å²) in [7, 11) is 0. The molecule has 2 amide bonds. The van der Waals surface area contributed by atoms with E-state index >= 15 is 0 Å². The molecule has 0 bridgehead atoms. The fraction of sp³-hybridized carbons (Fsp3) is 0.333. The molecule has 0 unspecified atom stereocenters. The molecule has 1 aliphatic heterocycles. The van der Waals surface area contributed by atoms with Crippen molar-refractivity contribution in [3.8, 4) is 0 Å². The van der Waals surface area contributed by atoms with Crippen LogP contribution in [0.1, 0.15) is 6.42 Å². The van der Waals surface area contributed by atoms with E-state index in [1.165, 1.54) is 4.90 Å². The quantitative estimate of drug-likeness (QED) is 0.759. The summed E-state index contributed by atoms with van der Waals surface area (Å²) in [6.45, 7) is 0.590. The standard InChI is InChI=1S/C12H12BrClN2O3/c13-9-2-1-7(14)5-10(9)15-11(18)12(19)16-4-3-8(17)6-16/h1-2,5,8,17H,3-4,6H2,(H,15,18)/t8-/m0/s1. The van der Waals surface area contributed by atoms with Gasteiger partial charge in [0.1, 0.15) is 0 Å². The van der Waals surface area contributed by atoms with E-state index in [0.717, 1.165) is 0 Å². The smallest absolute Gasteiger partial charge is 0.313 e. The van der Waals surface area contributed by atoms with E-state index < -0.39 is 17.9 Å². The van der Waals surface area contributed by atoms with Crippen molar-refractivity contribution in [3.63, 3.8) is 0 Å². The van der Waals surface area contributed by atoms with Crippen molar-refractivity contribution < 1.29 is 14.7 Å². The number of likely N-dealkylation sites (tertiary alicyclic amines) is 1. The molecule has 1 aliphatic rings. The molecule has 2 rings (SSSR count). The van der Waals surface area contributed by atoms with Crippen molar-refractivity contribution in [1.82, 2.24) is 4.90 Å². The first-order valence-corrected chi connectivity index (χ1v) is 6.88. The highest BCUT2D eigenvalue weighted by atomic mass is 79.9. The average Bonchev–Trinajstić information content (AvgIpc) is 2.79. The van der Waals surface area contributed by atoms with Crippen molar-refractivity contribution in [1.29, 1.82) is 0 Å².